The first-order chi connectivity index (χ1) is 9.70. The number of hydrogen-bond acceptors (Lipinski definition) is 3. The van der Waals surface area contributed by atoms with Gasteiger partial charge in [-0.15, -0.1) is 0 Å². The van der Waals surface area contributed by atoms with Crippen molar-refractivity contribution in [3.8, 4) is 0 Å². The van der Waals surface area contributed by atoms with Crippen molar-refractivity contribution >= 4 is 0 Å². The molecule has 0 unspecified atom stereocenters. The molecular formula is C16H30N4. The average molecular weight is 278 g/mol. The molecule has 1 aromatic heterocycles. The maximum Gasteiger partial charge on any atom is 0.0951 e. The lowest BCUT2D eigenvalue weighted by Gasteiger charge is -2.30. The summed E-state index contributed by atoms with van der Waals surface area (Å²) in [5, 5.41) is 3.46. The highest BCUT2D eigenvalue weighted by atomic mass is 15.2. The number of nitrogens with zero attached hydrogens (tertiary/aromatic N) is 3. The van der Waals surface area contributed by atoms with E-state index in [1.807, 2.05) is 12.5 Å². The van der Waals surface area contributed by atoms with Gasteiger partial charge in [-0.3, -0.25) is 4.90 Å². The molecule has 4 heteroatoms. The first-order valence-corrected chi connectivity index (χ1v) is 8.14. The van der Waals surface area contributed by atoms with Crippen LogP contribution >= 0.6 is 0 Å². The smallest absolute Gasteiger partial charge is 0.0951 e. The predicted octanol–water partition coefficient (Wildman–Crippen LogP) is 2.68. The second-order valence-electron chi connectivity index (χ2n) is 6.31. The number of hydrogen-bond donors (Lipinski definition) is 1. The van der Waals surface area contributed by atoms with Gasteiger partial charge in [0.15, 0.2) is 0 Å². The molecule has 1 saturated heterocycles. The Morgan fingerprint density at radius 2 is 2.15 bits per heavy atom. The highest BCUT2D eigenvalue weighted by Gasteiger charge is 2.18. The quantitative estimate of drug-likeness (QED) is 0.832. The Labute approximate surface area is 123 Å². The fourth-order valence-electron chi connectivity index (χ4n) is 3.13. The molecule has 2 heterocycles. The van der Waals surface area contributed by atoms with Crippen molar-refractivity contribution in [2.24, 2.45) is 5.92 Å². The summed E-state index contributed by atoms with van der Waals surface area (Å²) in [7, 11) is 0. The van der Waals surface area contributed by atoms with Gasteiger partial charge in [-0.1, -0.05) is 6.92 Å². The van der Waals surface area contributed by atoms with E-state index in [0.29, 0.717) is 6.04 Å². The standard InChI is InChI=1S/C16H30N4/c1-4-9-19(11-15-5-7-17-8-6-15)12-16-10-18-13-20(16)14(2)3/h10,13-15,17H,4-9,11-12H2,1-3H3. The van der Waals surface area contributed by atoms with Gasteiger partial charge in [-0.05, 0) is 58.7 Å². The monoisotopic (exact) mass is 278 g/mol. The first kappa shape index (κ1) is 15.5. The van der Waals surface area contributed by atoms with Crippen LogP contribution in [0.5, 0.6) is 0 Å². The van der Waals surface area contributed by atoms with Gasteiger partial charge in [0.1, 0.15) is 0 Å². The summed E-state index contributed by atoms with van der Waals surface area (Å²) in [6, 6.07) is 0.495. The molecule has 0 radical (unpaired) electrons. The van der Waals surface area contributed by atoms with Crippen molar-refractivity contribution in [1.29, 1.82) is 0 Å². The van der Waals surface area contributed by atoms with Gasteiger partial charge < -0.3 is 9.88 Å². The minimum absolute atomic E-state index is 0.495. The summed E-state index contributed by atoms with van der Waals surface area (Å²) in [5.74, 6) is 0.859. The number of imidazole rings is 1. The van der Waals surface area contributed by atoms with E-state index in [1.54, 1.807) is 0 Å². The van der Waals surface area contributed by atoms with Crippen LogP contribution in [0.25, 0.3) is 0 Å². The topological polar surface area (TPSA) is 33.1 Å². The van der Waals surface area contributed by atoms with Crippen molar-refractivity contribution in [2.45, 2.75) is 52.6 Å². The van der Waals surface area contributed by atoms with Gasteiger partial charge in [0, 0.05) is 25.3 Å². The molecule has 0 aromatic carbocycles. The summed E-state index contributed by atoms with van der Waals surface area (Å²) in [4.78, 5) is 6.95. The first-order valence-electron chi connectivity index (χ1n) is 8.14. The zero-order valence-electron chi connectivity index (χ0n) is 13.3. The number of rotatable bonds is 7. The second-order valence-corrected chi connectivity index (χ2v) is 6.31. The molecule has 20 heavy (non-hydrogen) atoms. The van der Waals surface area contributed by atoms with E-state index in [9.17, 15) is 0 Å². The van der Waals surface area contributed by atoms with Gasteiger partial charge in [-0.25, -0.2) is 4.98 Å². The second kappa shape index (κ2) is 7.79. The normalized spacial score (nSPS) is 17.2. The van der Waals surface area contributed by atoms with E-state index in [0.717, 1.165) is 12.5 Å². The van der Waals surface area contributed by atoms with Crippen LogP contribution in [0.2, 0.25) is 0 Å². The van der Waals surface area contributed by atoms with Gasteiger partial charge in [0.25, 0.3) is 0 Å². The molecule has 1 N–H and O–H groups in total. The largest absolute Gasteiger partial charge is 0.331 e. The molecule has 0 atom stereocenters. The third-order valence-corrected chi connectivity index (χ3v) is 4.20. The Morgan fingerprint density at radius 3 is 2.80 bits per heavy atom. The SMILES string of the molecule is CCCN(Cc1cncn1C(C)C)CC1CCNCC1. The molecule has 1 aromatic rings. The lowest BCUT2D eigenvalue weighted by molar-refractivity contribution is 0.194. The molecular weight excluding hydrogens is 248 g/mol. The maximum absolute atomic E-state index is 4.33. The Balaban J connectivity index is 1.95. The van der Waals surface area contributed by atoms with E-state index >= 15 is 0 Å². The zero-order valence-corrected chi connectivity index (χ0v) is 13.3. The van der Waals surface area contributed by atoms with Crippen molar-refractivity contribution in [3.05, 3.63) is 18.2 Å². The maximum atomic E-state index is 4.33. The summed E-state index contributed by atoms with van der Waals surface area (Å²) >= 11 is 0. The molecule has 2 rings (SSSR count). The van der Waals surface area contributed by atoms with E-state index < -0.39 is 0 Å². The fourth-order valence-corrected chi connectivity index (χ4v) is 3.13. The van der Waals surface area contributed by atoms with Crippen molar-refractivity contribution in [3.63, 3.8) is 0 Å². The molecule has 0 bridgehead atoms. The lowest BCUT2D eigenvalue weighted by atomic mass is 9.97. The Bertz CT molecular complexity index is 380. The summed E-state index contributed by atoms with van der Waals surface area (Å²) in [6.07, 6.45) is 7.87. The number of nitrogens with one attached hydrogen (secondary N) is 1. The minimum Gasteiger partial charge on any atom is -0.331 e. The molecule has 1 aliphatic rings. The van der Waals surface area contributed by atoms with Gasteiger partial charge in [0.05, 0.1) is 12.0 Å². The molecule has 114 valence electrons. The minimum atomic E-state index is 0.495. The summed E-state index contributed by atoms with van der Waals surface area (Å²) in [5.41, 5.74) is 1.35. The van der Waals surface area contributed by atoms with Crippen LogP contribution < -0.4 is 5.32 Å². The lowest BCUT2D eigenvalue weighted by Crippen LogP contribution is -2.36. The van der Waals surface area contributed by atoms with Crippen LogP contribution in [0.1, 0.15) is 51.8 Å². The van der Waals surface area contributed by atoms with Crippen LogP contribution in [-0.4, -0.2) is 40.6 Å². The molecule has 4 nitrogen and oxygen atoms in total. The summed E-state index contributed by atoms with van der Waals surface area (Å²) in [6.45, 7) is 12.6. The molecule has 0 aliphatic carbocycles. The van der Waals surface area contributed by atoms with Crippen molar-refractivity contribution in [2.75, 3.05) is 26.2 Å². The zero-order chi connectivity index (χ0) is 14.4. The van der Waals surface area contributed by atoms with Crippen LogP contribution in [0.4, 0.5) is 0 Å². The van der Waals surface area contributed by atoms with Crippen LogP contribution in [-0.2, 0) is 6.54 Å². The summed E-state index contributed by atoms with van der Waals surface area (Å²) < 4.78 is 2.30. The van der Waals surface area contributed by atoms with Gasteiger partial charge in [-0.2, -0.15) is 0 Å². The highest BCUT2D eigenvalue weighted by Crippen LogP contribution is 2.17. The Morgan fingerprint density at radius 1 is 1.40 bits per heavy atom. The van der Waals surface area contributed by atoms with Crippen molar-refractivity contribution < 1.29 is 0 Å². The third-order valence-electron chi connectivity index (χ3n) is 4.20. The van der Waals surface area contributed by atoms with Gasteiger partial charge >= 0.3 is 0 Å². The molecule has 0 spiro atoms. The van der Waals surface area contributed by atoms with Crippen LogP contribution in [0, 0.1) is 5.92 Å². The molecule has 0 amide bonds. The molecule has 1 fully saturated rings. The number of piperidine rings is 1. The van der Waals surface area contributed by atoms with E-state index in [-0.39, 0.29) is 0 Å². The fraction of sp³-hybridized carbons (Fsp3) is 0.812. The van der Waals surface area contributed by atoms with Gasteiger partial charge in [0.2, 0.25) is 0 Å². The predicted molar refractivity (Wildman–Crippen MR) is 83.8 cm³/mol. The Hall–Kier alpha value is -0.870. The number of aromatic nitrogens is 2. The van der Waals surface area contributed by atoms with E-state index in [2.05, 4.69) is 40.5 Å². The van der Waals surface area contributed by atoms with E-state index in [1.165, 1.54) is 51.1 Å². The van der Waals surface area contributed by atoms with Crippen LogP contribution in [0.15, 0.2) is 12.5 Å². The highest BCUT2D eigenvalue weighted by molar-refractivity contribution is 5.00. The van der Waals surface area contributed by atoms with Crippen LogP contribution in [0.3, 0.4) is 0 Å². The van der Waals surface area contributed by atoms with E-state index in [4.69, 9.17) is 0 Å². The molecule has 0 saturated carbocycles. The average Bonchev–Trinajstić information content (AvgIpc) is 2.88. The molecule has 1 aliphatic heterocycles. The van der Waals surface area contributed by atoms with Crippen molar-refractivity contribution in [1.82, 2.24) is 19.8 Å². The third kappa shape index (κ3) is 4.32. The Kier molecular flexibility index (Phi) is 6.05.